The van der Waals surface area contributed by atoms with E-state index in [1.54, 1.807) is 0 Å². The van der Waals surface area contributed by atoms with E-state index in [4.69, 9.17) is 0 Å². The van der Waals surface area contributed by atoms with E-state index in [1.165, 1.54) is 0 Å². The fraction of sp³-hybridized carbons (Fsp3) is 0.889. The number of quaternary nitrogens is 1. The van der Waals surface area contributed by atoms with Gasteiger partial charge in [0.15, 0.2) is 6.54 Å². The van der Waals surface area contributed by atoms with Gasteiger partial charge in [-0.3, -0.25) is 4.79 Å². The second-order valence-electron chi connectivity index (χ2n) is 4.01. The van der Waals surface area contributed by atoms with Crippen LogP contribution in [0, 0.1) is 0 Å². The molecule has 0 aromatic heterocycles. The van der Waals surface area contributed by atoms with E-state index in [9.17, 15) is 4.79 Å². The molecular weight excluding hydrogens is 152 g/mol. The van der Waals surface area contributed by atoms with Gasteiger partial charge in [0.05, 0.1) is 21.1 Å². The molecule has 0 aliphatic heterocycles. The minimum Gasteiger partial charge on any atom is -0.338 e. The number of carbonyl (C=O) groups is 1. The molecule has 0 spiro atoms. The van der Waals surface area contributed by atoms with E-state index in [0.717, 1.165) is 13.1 Å². The Labute approximate surface area is 75.5 Å². The van der Waals surface area contributed by atoms with E-state index >= 15 is 0 Å². The third kappa shape index (κ3) is 4.34. The molecule has 0 aromatic rings. The molecule has 3 heteroatoms. The van der Waals surface area contributed by atoms with Crippen molar-refractivity contribution in [1.29, 1.82) is 0 Å². The quantitative estimate of drug-likeness (QED) is 0.569. The highest BCUT2D eigenvalue weighted by Crippen LogP contribution is 1.95. The number of nitrogens with zero attached hydrogens (tertiary/aromatic N) is 2. The summed E-state index contributed by atoms with van der Waals surface area (Å²) in [5.74, 6) is 0.243. The Bertz CT molecular complexity index is 145. The Morgan fingerprint density at radius 3 is 1.83 bits per heavy atom. The summed E-state index contributed by atoms with van der Waals surface area (Å²) in [6.45, 7) is 6.24. The summed E-state index contributed by atoms with van der Waals surface area (Å²) in [4.78, 5) is 13.4. The van der Waals surface area contributed by atoms with Crippen molar-refractivity contribution in [2.75, 3.05) is 40.8 Å². The monoisotopic (exact) mass is 173 g/mol. The highest BCUT2D eigenvalue weighted by Gasteiger charge is 2.17. The van der Waals surface area contributed by atoms with Crippen molar-refractivity contribution >= 4 is 5.91 Å². The Balaban J connectivity index is 4.02. The summed E-state index contributed by atoms with van der Waals surface area (Å²) in [6.07, 6.45) is 0. The van der Waals surface area contributed by atoms with E-state index in [-0.39, 0.29) is 5.91 Å². The maximum Gasteiger partial charge on any atom is 0.277 e. The van der Waals surface area contributed by atoms with E-state index in [2.05, 4.69) is 0 Å². The van der Waals surface area contributed by atoms with Gasteiger partial charge in [-0.05, 0) is 13.8 Å². The van der Waals surface area contributed by atoms with Crippen molar-refractivity contribution in [1.82, 2.24) is 4.90 Å². The molecule has 0 saturated heterocycles. The molecule has 0 fully saturated rings. The Morgan fingerprint density at radius 1 is 1.17 bits per heavy atom. The second-order valence-corrected chi connectivity index (χ2v) is 4.01. The lowest BCUT2D eigenvalue weighted by Gasteiger charge is -2.27. The Kier molecular flexibility index (Phi) is 4.24. The van der Waals surface area contributed by atoms with Crippen LogP contribution in [-0.2, 0) is 4.79 Å². The molecule has 0 saturated carbocycles. The van der Waals surface area contributed by atoms with Crippen LogP contribution >= 0.6 is 0 Å². The zero-order valence-corrected chi connectivity index (χ0v) is 8.92. The van der Waals surface area contributed by atoms with Gasteiger partial charge >= 0.3 is 0 Å². The Morgan fingerprint density at radius 2 is 1.58 bits per heavy atom. The van der Waals surface area contributed by atoms with Crippen molar-refractivity contribution in [3.8, 4) is 0 Å². The molecule has 12 heavy (non-hydrogen) atoms. The third-order valence-electron chi connectivity index (χ3n) is 1.73. The van der Waals surface area contributed by atoms with Gasteiger partial charge in [-0.25, -0.2) is 0 Å². The standard InChI is InChI=1S/C9H21N2O/c1-6-10(7-2)9(12)8-11(3,4)5/h6-8H2,1-5H3/q+1. The molecule has 0 rings (SSSR count). The first kappa shape index (κ1) is 11.4. The topological polar surface area (TPSA) is 20.3 Å². The van der Waals surface area contributed by atoms with Crippen molar-refractivity contribution in [2.45, 2.75) is 13.8 Å². The molecule has 1 amide bonds. The second kappa shape index (κ2) is 4.45. The van der Waals surface area contributed by atoms with Crippen molar-refractivity contribution in [2.24, 2.45) is 0 Å². The zero-order valence-electron chi connectivity index (χ0n) is 8.92. The molecule has 0 atom stereocenters. The van der Waals surface area contributed by atoms with Crippen molar-refractivity contribution < 1.29 is 9.28 Å². The molecule has 0 N–H and O–H groups in total. The highest BCUT2D eigenvalue weighted by atomic mass is 16.2. The largest absolute Gasteiger partial charge is 0.338 e. The van der Waals surface area contributed by atoms with Crippen molar-refractivity contribution in [3.05, 3.63) is 0 Å². The van der Waals surface area contributed by atoms with Gasteiger partial charge in [-0.1, -0.05) is 0 Å². The zero-order chi connectivity index (χ0) is 9.78. The minimum atomic E-state index is 0.243. The molecule has 3 nitrogen and oxygen atoms in total. The van der Waals surface area contributed by atoms with Gasteiger partial charge in [0.1, 0.15) is 0 Å². The van der Waals surface area contributed by atoms with Crippen LogP contribution in [0.3, 0.4) is 0 Å². The molecule has 72 valence electrons. The smallest absolute Gasteiger partial charge is 0.277 e. The van der Waals surface area contributed by atoms with Crippen LogP contribution in [0.5, 0.6) is 0 Å². The Hall–Kier alpha value is -0.570. The van der Waals surface area contributed by atoms with Gasteiger partial charge in [0.2, 0.25) is 0 Å². The summed E-state index contributed by atoms with van der Waals surface area (Å²) in [7, 11) is 6.09. The molecule has 0 heterocycles. The van der Waals surface area contributed by atoms with E-state index < -0.39 is 0 Å². The first-order chi connectivity index (χ1) is 5.40. The summed E-state index contributed by atoms with van der Waals surface area (Å²) >= 11 is 0. The third-order valence-corrected chi connectivity index (χ3v) is 1.73. The van der Waals surface area contributed by atoms with Gasteiger partial charge in [-0.15, -0.1) is 0 Å². The molecule has 0 radical (unpaired) electrons. The number of amides is 1. The fourth-order valence-corrected chi connectivity index (χ4v) is 1.08. The number of carbonyl (C=O) groups excluding carboxylic acids is 1. The van der Waals surface area contributed by atoms with Crippen LogP contribution < -0.4 is 0 Å². The summed E-state index contributed by atoms with van der Waals surface area (Å²) in [5, 5.41) is 0. The van der Waals surface area contributed by atoms with Crippen LogP contribution in [0.4, 0.5) is 0 Å². The molecule has 0 bridgehead atoms. The minimum absolute atomic E-state index is 0.243. The van der Waals surface area contributed by atoms with E-state index in [0.29, 0.717) is 11.0 Å². The van der Waals surface area contributed by atoms with Gasteiger partial charge in [0, 0.05) is 13.1 Å². The average molecular weight is 173 g/mol. The number of hydrogen-bond donors (Lipinski definition) is 0. The first-order valence-corrected chi connectivity index (χ1v) is 4.49. The molecule has 0 aliphatic rings. The van der Waals surface area contributed by atoms with Crippen molar-refractivity contribution in [3.63, 3.8) is 0 Å². The number of hydrogen-bond acceptors (Lipinski definition) is 1. The maximum atomic E-state index is 11.5. The average Bonchev–Trinajstić information content (AvgIpc) is 1.85. The number of rotatable bonds is 4. The predicted octanol–water partition coefficient (Wildman–Crippen LogP) is 0.561. The van der Waals surface area contributed by atoms with Crippen LogP contribution in [-0.4, -0.2) is 56.1 Å². The highest BCUT2D eigenvalue weighted by molar-refractivity contribution is 5.77. The van der Waals surface area contributed by atoms with E-state index in [1.807, 2.05) is 39.9 Å². The molecule has 0 aromatic carbocycles. The van der Waals surface area contributed by atoms with Crippen LogP contribution in [0.2, 0.25) is 0 Å². The van der Waals surface area contributed by atoms with Gasteiger partial charge in [0.25, 0.3) is 5.91 Å². The lowest BCUT2D eigenvalue weighted by atomic mass is 10.4. The summed E-state index contributed by atoms with van der Waals surface area (Å²) in [5.41, 5.74) is 0. The molecular formula is C9H21N2O+. The fourth-order valence-electron chi connectivity index (χ4n) is 1.08. The van der Waals surface area contributed by atoms with Crippen LogP contribution in [0.25, 0.3) is 0 Å². The van der Waals surface area contributed by atoms with Crippen LogP contribution in [0.15, 0.2) is 0 Å². The predicted molar refractivity (Wildman–Crippen MR) is 50.8 cm³/mol. The molecule has 0 unspecified atom stereocenters. The maximum absolute atomic E-state index is 11.5. The van der Waals surface area contributed by atoms with Gasteiger partial charge < -0.3 is 9.38 Å². The van der Waals surface area contributed by atoms with Crippen LogP contribution in [0.1, 0.15) is 13.8 Å². The normalized spacial score (nSPS) is 11.4. The molecule has 0 aliphatic carbocycles. The number of likely N-dealkylation sites (N-methyl/N-ethyl adjacent to an activating group) is 2. The summed E-state index contributed by atoms with van der Waals surface area (Å²) in [6, 6.07) is 0. The first-order valence-electron chi connectivity index (χ1n) is 4.49. The summed E-state index contributed by atoms with van der Waals surface area (Å²) < 4.78 is 0.704. The SMILES string of the molecule is CCN(CC)C(=O)C[N+](C)(C)C. The lowest BCUT2D eigenvalue weighted by Crippen LogP contribution is -2.45. The van der Waals surface area contributed by atoms with Gasteiger partial charge in [-0.2, -0.15) is 0 Å². The lowest BCUT2D eigenvalue weighted by molar-refractivity contribution is -0.862.